The minimum atomic E-state index is -0.134. The molecule has 21 heavy (non-hydrogen) atoms. The zero-order chi connectivity index (χ0) is 14.7. The summed E-state index contributed by atoms with van der Waals surface area (Å²) in [7, 11) is 0. The lowest BCUT2D eigenvalue weighted by Gasteiger charge is -2.34. The number of nitrogens with zero attached hydrogens (tertiary/aromatic N) is 2. The molecule has 0 aromatic heterocycles. The van der Waals surface area contributed by atoms with Gasteiger partial charge in [0.05, 0.1) is 0 Å². The van der Waals surface area contributed by atoms with Crippen molar-refractivity contribution in [2.45, 2.75) is 18.9 Å². The van der Waals surface area contributed by atoms with Crippen LogP contribution in [0.15, 0.2) is 24.3 Å². The van der Waals surface area contributed by atoms with Crippen LogP contribution in [0.2, 0.25) is 0 Å². The second-order valence-electron chi connectivity index (χ2n) is 5.55. The van der Waals surface area contributed by atoms with E-state index in [2.05, 4.69) is 15.5 Å². The molecule has 2 N–H and O–H groups in total. The van der Waals surface area contributed by atoms with Crippen LogP contribution in [0.5, 0.6) is 0 Å². The van der Waals surface area contributed by atoms with E-state index in [0.29, 0.717) is 6.04 Å². The van der Waals surface area contributed by atoms with Crippen LogP contribution in [0, 0.1) is 0 Å². The van der Waals surface area contributed by atoms with E-state index in [1.54, 1.807) is 4.90 Å². The van der Waals surface area contributed by atoms with Gasteiger partial charge in [0.15, 0.2) is 0 Å². The lowest BCUT2D eigenvalue weighted by molar-refractivity contribution is -0.118. The highest BCUT2D eigenvalue weighted by Gasteiger charge is 2.23. The zero-order valence-electron chi connectivity index (χ0n) is 11.9. The molecule has 0 bridgehead atoms. The normalized spacial score (nSPS) is 18.3. The van der Waals surface area contributed by atoms with Crippen molar-refractivity contribution in [3.63, 3.8) is 0 Å². The first kappa shape index (κ1) is 13.7. The van der Waals surface area contributed by atoms with E-state index in [0.717, 1.165) is 56.8 Å². The summed E-state index contributed by atoms with van der Waals surface area (Å²) >= 11 is 0. The Hall–Kier alpha value is -2.24. The minimum Gasteiger partial charge on any atom is -0.368 e. The van der Waals surface area contributed by atoms with E-state index < -0.39 is 0 Å². The van der Waals surface area contributed by atoms with Crippen molar-refractivity contribution in [3.8, 4) is 0 Å². The maximum absolute atomic E-state index is 11.6. The lowest BCUT2D eigenvalue weighted by atomic mass is 10.2. The predicted octanol–water partition coefficient (Wildman–Crippen LogP) is 1.25. The summed E-state index contributed by atoms with van der Waals surface area (Å²) in [5, 5.41) is 5.73. The molecule has 0 unspecified atom stereocenters. The molecule has 1 aliphatic carbocycles. The fourth-order valence-corrected chi connectivity index (χ4v) is 2.42. The number of anilines is 2. The minimum absolute atomic E-state index is 0.134. The first-order valence-electron chi connectivity index (χ1n) is 7.36. The van der Waals surface area contributed by atoms with Crippen molar-refractivity contribution >= 4 is 23.8 Å². The molecule has 0 radical (unpaired) electrons. The van der Waals surface area contributed by atoms with Crippen LogP contribution in [-0.2, 0) is 4.79 Å². The van der Waals surface area contributed by atoms with Gasteiger partial charge >= 0.3 is 6.03 Å². The summed E-state index contributed by atoms with van der Waals surface area (Å²) in [6, 6.07) is 8.05. The monoisotopic (exact) mass is 288 g/mol. The first-order valence-corrected chi connectivity index (χ1v) is 7.36. The van der Waals surface area contributed by atoms with Crippen molar-refractivity contribution in [1.29, 1.82) is 0 Å². The number of piperazine rings is 1. The van der Waals surface area contributed by atoms with E-state index in [-0.39, 0.29) is 6.03 Å². The number of carbonyl (C=O) groups is 2. The molecule has 6 nitrogen and oxygen atoms in total. The SMILES string of the molecule is O=CN1CCN(c2ccc(NC(=O)NC3CC3)cc2)CC1. The topological polar surface area (TPSA) is 64.7 Å². The summed E-state index contributed by atoms with van der Waals surface area (Å²) in [6.07, 6.45) is 3.07. The third kappa shape index (κ3) is 3.65. The van der Waals surface area contributed by atoms with Gasteiger partial charge in [-0.3, -0.25) is 4.79 Å². The van der Waals surface area contributed by atoms with E-state index in [9.17, 15) is 9.59 Å². The molecule has 1 aromatic rings. The van der Waals surface area contributed by atoms with Crippen LogP contribution < -0.4 is 15.5 Å². The van der Waals surface area contributed by atoms with Gasteiger partial charge in [0.1, 0.15) is 0 Å². The second-order valence-corrected chi connectivity index (χ2v) is 5.55. The molecule has 6 heteroatoms. The number of carbonyl (C=O) groups excluding carboxylic acids is 2. The molecule has 2 fully saturated rings. The molecule has 3 amide bonds. The number of hydrogen-bond acceptors (Lipinski definition) is 3. The maximum atomic E-state index is 11.6. The molecule has 3 rings (SSSR count). The molecule has 1 heterocycles. The van der Waals surface area contributed by atoms with Gasteiger partial charge in [-0.05, 0) is 37.1 Å². The smallest absolute Gasteiger partial charge is 0.319 e. The predicted molar refractivity (Wildman–Crippen MR) is 81.5 cm³/mol. The fraction of sp³-hybridized carbons (Fsp3) is 0.467. The van der Waals surface area contributed by atoms with Crippen LogP contribution in [0.1, 0.15) is 12.8 Å². The standard InChI is InChI=1S/C15H20N4O2/c20-11-18-7-9-19(10-8-18)14-5-3-13(4-6-14)17-15(21)16-12-1-2-12/h3-6,11-12H,1-2,7-10H2,(H2,16,17,21). The number of amides is 3. The van der Waals surface area contributed by atoms with Crippen molar-refractivity contribution in [3.05, 3.63) is 24.3 Å². The highest BCUT2D eigenvalue weighted by Crippen LogP contribution is 2.21. The average Bonchev–Trinajstić information content (AvgIpc) is 3.32. The molecule has 1 aromatic carbocycles. The maximum Gasteiger partial charge on any atom is 0.319 e. The summed E-state index contributed by atoms with van der Waals surface area (Å²) in [5.74, 6) is 0. The fourth-order valence-electron chi connectivity index (χ4n) is 2.42. The largest absolute Gasteiger partial charge is 0.368 e. The summed E-state index contributed by atoms with van der Waals surface area (Å²) in [4.78, 5) is 26.4. The van der Waals surface area contributed by atoms with Crippen molar-refractivity contribution in [1.82, 2.24) is 10.2 Å². The molecule has 0 spiro atoms. The Morgan fingerprint density at radius 1 is 1.10 bits per heavy atom. The summed E-state index contributed by atoms with van der Waals surface area (Å²) in [6.45, 7) is 3.20. The van der Waals surface area contributed by atoms with E-state index in [1.165, 1.54) is 0 Å². The second kappa shape index (κ2) is 6.03. The van der Waals surface area contributed by atoms with Crippen LogP contribution in [0.25, 0.3) is 0 Å². The molecule has 2 aliphatic rings. The van der Waals surface area contributed by atoms with Crippen LogP contribution in [-0.4, -0.2) is 49.6 Å². The van der Waals surface area contributed by atoms with E-state index >= 15 is 0 Å². The van der Waals surface area contributed by atoms with E-state index in [4.69, 9.17) is 0 Å². The van der Waals surface area contributed by atoms with Gasteiger partial charge in [0, 0.05) is 43.6 Å². The van der Waals surface area contributed by atoms with Crippen LogP contribution in [0.3, 0.4) is 0 Å². The first-order chi connectivity index (χ1) is 10.2. The van der Waals surface area contributed by atoms with Gasteiger partial charge in [-0.15, -0.1) is 0 Å². The van der Waals surface area contributed by atoms with Crippen molar-refractivity contribution < 1.29 is 9.59 Å². The molecule has 112 valence electrons. The number of hydrogen-bond donors (Lipinski definition) is 2. The summed E-state index contributed by atoms with van der Waals surface area (Å²) < 4.78 is 0. The number of urea groups is 1. The lowest BCUT2D eigenvalue weighted by Crippen LogP contribution is -2.45. The summed E-state index contributed by atoms with van der Waals surface area (Å²) in [5.41, 5.74) is 1.91. The Bertz CT molecular complexity index is 505. The molecular weight excluding hydrogens is 268 g/mol. The quantitative estimate of drug-likeness (QED) is 0.820. The molecular formula is C15H20N4O2. The Kier molecular flexibility index (Phi) is 3.94. The molecule has 1 saturated heterocycles. The molecule has 1 saturated carbocycles. The Morgan fingerprint density at radius 3 is 2.33 bits per heavy atom. The Morgan fingerprint density at radius 2 is 1.76 bits per heavy atom. The average molecular weight is 288 g/mol. The third-order valence-electron chi connectivity index (χ3n) is 3.87. The van der Waals surface area contributed by atoms with Crippen LogP contribution in [0.4, 0.5) is 16.2 Å². The molecule has 0 atom stereocenters. The van der Waals surface area contributed by atoms with Gasteiger partial charge in [0.2, 0.25) is 6.41 Å². The molecule has 1 aliphatic heterocycles. The number of nitrogens with one attached hydrogen (secondary N) is 2. The van der Waals surface area contributed by atoms with Gasteiger partial charge in [-0.2, -0.15) is 0 Å². The van der Waals surface area contributed by atoms with E-state index in [1.807, 2.05) is 24.3 Å². The third-order valence-corrected chi connectivity index (χ3v) is 3.87. The highest BCUT2D eigenvalue weighted by molar-refractivity contribution is 5.89. The van der Waals surface area contributed by atoms with Crippen molar-refractivity contribution in [2.75, 3.05) is 36.4 Å². The Labute approximate surface area is 124 Å². The van der Waals surface area contributed by atoms with Gasteiger partial charge < -0.3 is 20.4 Å². The number of rotatable bonds is 4. The highest BCUT2D eigenvalue weighted by atomic mass is 16.2. The van der Waals surface area contributed by atoms with Crippen molar-refractivity contribution in [2.24, 2.45) is 0 Å². The number of benzene rings is 1. The zero-order valence-corrected chi connectivity index (χ0v) is 11.9. The van der Waals surface area contributed by atoms with Gasteiger partial charge in [-0.25, -0.2) is 4.79 Å². The van der Waals surface area contributed by atoms with Gasteiger partial charge in [0.25, 0.3) is 0 Å². The van der Waals surface area contributed by atoms with Gasteiger partial charge in [-0.1, -0.05) is 0 Å². The Balaban J connectivity index is 1.53. The van der Waals surface area contributed by atoms with Crippen LogP contribution >= 0.6 is 0 Å².